The van der Waals surface area contributed by atoms with Crippen molar-refractivity contribution in [2.24, 2.45) is 17.8 Å². The van der Waals surface area contributed by atoms with Crippen LogP contribution in [0.1, 0.15) is 46.5 Å². The number of amides is 1. The molecule has 4 unspecified atom stereocenters. The molecule has 0 aromatic carbocycles. The predicted molar refractivity (Wildman–Crippen MR) is 85.1 cm³/mol. The number of nitrogens with zero attached hydrogens (tertiary/aromatic N) is 1. The molecule has 1 aliphatic carbocycles. The lowest BCUT2D eigenvalue weighted by Crippen LogP contribution is -2.51. The fourth-order valence-electron chi connectivity index (χ4n) is 4.73. The second-order valence-electron chi connectivity index (χ2n) is 7.99. The molecule has 1 amide bonds. The Morgan fingerprint density at radius 3 is 2.76 bits per heavy atom. The molecule has 120 valence electrons. The summed E-state index contributed by atoms with van der Waals surface area (Å²) in [4.78, 5) is 14.9. The fourth-order valence-corrected chi connectivity index (χ4v) is 4.73. The molecule has 2 N–H and O–H groups in total. The lowest BCUT2D eigenvalue weighted by atomic mass is 9.85. The number of hydrogen-bond acceptors (Lipinski definition) is 3. The molecule has 0 aromatic rings. The van der Waals surface area contributed by atoms with Gasteiger partial charge in [-0.3, -0.25) is 9.69 Å². The van der Waals surface area contributed by atoms with Crippen molar-refractivity contribution in [2.75, 3.05) is 26.2 Å². The van der Waals surface area contributed by atoms with E-state index in [9.17, 15) is 4.79 Å². The zero-order chi connectivity index (χ0) is 15.0. The number of nitrogens with one attached hydrogen (secondary N) is 2. The summed E-state index contributed by atoms with van der Waals surface area (Å²) in [6.45, 7) is 10.8. The van der Waals surface area contributed by atoms with Crippen LogP contribution in [0, 0.1) is 17.8 Å². The molecule has 2 heterocycles. The van der Waals surface area contributed by atoms with Crippen molar-refractivity contribution in [3.05, 3.63) is 0 Å². The quantitative estimate of drug-likeness (QED) is 0.831. The molecule has 0 radical (unpaired) electrons. The standard InChI is InChI=1S/C17H31N3O/c1-12-6-4-5-7-15(12)19-16(21)11-20-10-13-8-18-9-14(13)17(20,2)3/h12-15,18H,4-11H2,1-3H3,(H,19,21). The zero-order valence-electron chi connectivity index (χ0n) is 13.8. The second kappa shape index (κ2) is 5.88. The molecule has 4 atom stereocenters. The molecule has 3 aliphatic rings. The number of fused-ring (bicyclic) bond motifs is 1. The van der Waals surface area contributed by atoms with Crippen molar-refractivity contribution in [3.63, 3.8) is 0 Å². The summed E-state index contributed by atoms with van der Waals surface area (Å²) in [5, 5.41) is 6.80. The van der Waals surface area contributed by atoms with Gasteiger partial charge in [0, 0.05) is 24.7 Å². The van der Waals surface area contributed by atoms with Gasteiger partial charge in [0.15, 0.2) is 0 Å². The third kappa shape index (κ3) is 2.98. The van der Waals surface area contributed by atoms with E-state index in [2.05, 4.69) is 36.3 Å². The summed E-state index contributed by atoms with van der Waals surface area (Å²) in [5.41, 5.74) is 0.143. The minimum Gasteiger partial charge on any atom is -0.352 e. The molecule has 0 spiro atoms. The lowest BCUT2D eigenvalue weighted by Gasteiger charge is -2.36. The second-order valence-corrected chi connectivity index (χ2v) is 7.99. The summed E-state index contributed by atoms with van der Waals surface area (Å²) >= 11 is 0. The van der Waals surface area contributed by atoms with Gasteiger partial charge in [0.2, 0.25) is 5.91 Å². The minimum absolute atomic E-state index is 0.143. The first kappa shape index (κ1) is 15.3. The Labute approximate surface area is 129 Å². The Balaban J connectivity index is 1.55. The Bertz CT molecular complexity index is 395. The van der Waals surface area contributed by atoms with Crippen LogP contribution in [0.25, 0.3) is 0 Å². The highest BCUT2D eigenvalue weighted by atomic mass is 16.2. The van der Waals surface area contributed by atoms with E-state index in [0.717, 1.165) is 32.0 Å². The molecule has 0 bridgehead atoms. The minimum atomic E-state index is 0.143. The highest BCUT2D eigenvalue weighted by Crippen LogP contribution is 2.40. The number of rotatable bonds is 3. The van der Waals surface area contributed by atoms with E-state index < -0.39 is 0 Å². The van der Waals surface area contributed by atoms with Crippen LogP contribution < -0.4 is 10.6 Å². The third-order valence-electron chi connectivity index (χ3n) is 6.31. The largest absolute Gasteiger partial charge is 0.352 e. The van der Waals surface area contributed by atoms with Crippen LogP contribution in [0.5, 0.6) is 0 Å². The maximum atomic E-state index is 12.5. The molecular formula is C17H31N3O. The first-order chi connectivity index (χ1) is 9.98. The van der Waals surface area contributed by atoms with Crippen LogP contribution in [-0.4, -0.2) is 48.6 Å². The van der Waals surface area contributed by atoms with E-state index in [1.54, 1.807) is 0 Å². The van der Waals surface area contributed by atoms with Crippen LogP contribution in [-0.2, 0) is 4.79 Å². The maximum absolute atomic E-state index is 12.5. The highest BCUT2D eigenvalue weighted by Gasteiger charge is 2.49. The van der Waals surface area contributed by atoms with Gasteiger partial charge in [0.1, 0.15) is 0 Å². The Morgan fingerprint density at radius 1 is 1.29 bits per heavy atom. The number of carbonyl (C=O) groups is 1. The highest BCUT2D eigenvalue weighted by molar-refractivity contribution is 5.78. The summed E-state index contributed by atoms with van der Waals surface area (Å²) in [6, 6.07) is 0.401. The Hall–Kier alpha value is -0.610. The van der Waals surface area contributed by atoms with Gasteiger partial charge in [-0.05, 0) is 51.0 Å². The first-order valence-electron chi connectivity index (χ1n) is 8.73. The van der Waals surface area contributed by atoms with E-state index >= 15 is 0 Å². The topological polar surface area (TPSA) is 44.4 Å². The van der Waals surface area contributed by atoms with Gasteiger partial charge in [-0.2, -0.15) is 0 Å². The summed E-state index contributed by atoms with van der Waals surface area (Å²) in [7, 11) is 0. The molecule has 0 aromatic heterocycles. The van der Waals surface area contributed by atoms with Crippen LogP contribution in [0.3, 0.4) is 0 Å². The van der Waals surface area contributed by atoms with Gasteiger partial charge in [-0.25, -0.2) is 0 Å². The molecule has 4 nitrogen and oxygen atoms in total. The zero-order valence-corrected chi connectivity index (χ0v) is 13.8. The molecule has 4 heteroatoms. The van der Waals surface area contributed by atoms with Crippen LogP contribution >= 0.6 is 0 Å². The molecular weight excluding hydrogens is 262 g/mol. The SMILES string of the molecule is CC1CCCCC1NC(=O)CN1CC2CNCC2C1(C)C. The number of hydrogen-bond donors (Lipinski definition) is 2. The van der Waals surface area contributed by atoms with Crippen molar-refractivity contribution >= 4 is 5.91 Å². The number of likely N-dealkylation sites (tertiary alicyclic amines) is 1. The smallest absolute Gasteiger partial charge is 0.234 e. The van der Waals surface area contributed by atoms with E-state index in [4.69, 9.17) is 0 Å². The normalized spacial score (nSPS) is 39.2. The Morgan fingerprint density at radius 2 is 2.05 bits per heavy atom. The first-order valence-corrected chi connectivity index (χ1v) is 8.73. The van der Waals surface area contributed by atoms with Crippen LogP contribution in [0.2, 0.25) is 0 Å². The van der Waals surface area contributed by atoms with Crippen molar-refractivity contribution < 1.29 is 4.79 Å². The average Bonchev–Trinajstić information content (AvgIpc) is 2.97. The molecule has 1 saturated carbocycles. The third-order valence-corrected chi connectivity index (χ3v) is 6.31. The average molecular weight is 293 g/mol. The van der Waals surface area contributed by atoms with Crippen molar-refractivity contribution in [1.82, 2.24) is 15.5 Å². The van der Waals surface area contributed by atoms with E-state index in [0.29, 0.717) is 24.4 Å². The molecule has 3 rings (SSSR count). The molecule has 3 fully saturated rings. The summed E-state index contributed by atoms with van der Waals surface area (Å²) in [6.07, 6.45) is 5.00. The van der Waals surface area contributed by atoms with Gasteiger partial charge < -0.3 is 10.6 Å². The molecule has 2 saturated heterocycles. The summed E-state index contributed by atoms with van der Waals surface area (Å²) in [5.74, 6) is 2.29. The predicted octanol–water partition coefficient (Wildman–Crippen LogP) is 1.61. The summed E-state index contributed by atoms with van der Waals surface area (Å²) < 4.78 is 0. The van der Waals surface area contributed by atoms with Gasteiger partial charge in [-0.15, -0.1) is 0 Å². The van der Waals surface area contributed by atoms with E-state index in [1.165, 1.54) is 19.3 Å². The van der Waals surface area contributed by atoms with Gasteiger partial charge >= 0.3 is 0 Å². The lowest BCUT2D eigenvalue weighted by molar-refractivity contribution is -0.124. The monoisotopic (exact) mass is 293 g/mol. The number of carbonyl (C=O) groups excluding carboxylic acids is 1. The van der Waals surface area contributed by atoms with E-state index in [1.807, 2.05) is 0 Å². The van der Waals surface area contributed by atoms with Gasteiger partial charge in [0.05, 0.1) is 6.54 Å². The maximum Gasteiger partial charge on any atom is 0.234 e. The van der Waals surface area contributed by atoms with Crippen LogP contribution in [0.15, 0.2) is 0 Å². The molecule has 21 heavy (non-hydrogen) atoms. The van der Waals surface area contributed by atoms with Crippen molar-refractivity contribution in [1.29, 1.82) is 0 Å². The molecule has 2 aliphatic heterocycles. The van der Waals surface area contributed by atoms with Gasteiger partial charge in [-0.1, -0.05) is 19.8 Å². The van der Waals surface area contributed by atoms with Crippen LogP contribution in [0.4, 0.5) is 0 Å². The Kier molecular flexibility index (Phi) is 4.28. The van der Waals surface area contributed by atoms with Crippen molar-refractivity contribution in [3.8, 4) is 0 Å². The van der Waals surface area contributed by atoms with E-state index in [-0.39, 0.29) is 11.4 Å². The van der Waals surface area contributed by atoms with Gasteiger partial charge in [0.25, 0.3) is 0 Å². The fraction of sp³-hybridized carbons (Fsp3) is 0.941. The van der Waals surface area contributed by atoms with Crippen molar-refractivity contribution in [2.45, 2.75) is 58.0 Å².